The summed E-state index contributed by atoms with van der Waals surface area (Å²) in [5.74, 6) is 1.37. The molecule has 1 aliphatic rings. The van der Waals surface area contributed by atoms with E-state index in [1.54, 1.807) is 11.1 Å². The summed E-state index contributed by atoms with van der Waals surface area (Å²) in [6.45, 7) is 2.71. The predicted octanol–water partition coefficient (Wildman–Crippen LogP) is 0.710. The number of carbonyl (C=O) groups is 1. The van der Waals surface area contributed by atoms with Gasteiger partial charge in [0.1, 0.15) is 5.82 Å². The van der Waals surface area contributed by atoms with Gasteiger partial charge in [-0.1, -0.05) is 0 Å². The molecule has 5 heteroatoms. The maximum absolute atomic E-state index is 11.9. The van der Waals surface area contributed by atoms with E-state index in [-0.39, 0.29) is 11.8 Å². The van der Waals surface area contributed by atoms with Gasteiger partial charge in [0.25, 0.3) is 0 Å². The third-order valence-electron chi connectivity index (χ3n) is 3.22. The number of aromatic nitrogens is 2. The van der Waals surface area contributed by atoms with Crippen molar-refractivity contribution in [2.45, 2.75) is 19.4 Å². The monoisotopic (exact) mass is 236 g/mol. The van der Waals surface area contributed by atoms with Gasteiger partial charge in [-0.15, -0.1) is 0 Å². The number of aromatic amines is 1. The van der Waals surface area contributed by atoms with E-state index >= 15 is 0 Å². The molecule has 0 saturated carbocycles. The summed E-state index contributed by atoms with van der Waals surface area (Å²) < 4.78 is 0. The van der Waals surface area contributed by atoms with Crippen LogP contribution in [0.3, 0.4) is 0 Å². The predicted molar refractivity (Wildman–Crippen MR) is 65.3 cm³/mol. The quantitative estimate of drug-likeness (QED) is 0.841. The molecule has 0 aromatic carbocycles. The van der Waals surface area contributed by atoms with E-state index in [0.29, 0.717) is 0 Å². The highest BCUT2D eigenvalue weighted by Crippen LogP contribution is 2.19. The maximum Gasteiger partial charge on any atom is 0.226 e. The minimum absolute atomic E-state index is 0.147. The van der Waals surface area contributed by atoms with E-state index in [4.69, 9.17) is 0 Å². The Labute approximate surface area is 102 Å². The molecule has 17 heavy (non-hydrogen) atoms. The van der Waals surface area contributed by atoms with E-state index in [0.717, 1.165) is 38.3 Å². The second-order valence-corrected chi connectivity index (χ2v) is 4.84. The molecule has 0 aliphatic carbocycles. The van der Waals surface area contributed by atoms with E-state index in [9.17, 15) is 4.79 Å². The highest BCUT2D eigenvalue weighted by Gasteiger charge is 2.26. The molecule has 2 rings (SSSR count). The summed E-state index contributed by atoms with van der Waals surface area (Å²) in [7, 11) is 3.65. The first-order valence-electron chi connectivity index (χ1n) is 6.08. The number of rotatable bonds is 3. The Morgan fingerprint density at radius 3 is 3.12 bits per heavy atom. The van der Waals surface area contributed by atoms with Crippen molar-refractivity contribution in [1.82, 2.24) is 19.8 Å². The van der Waals surface area contributed by atoms with Crippen LogP contribution in [0, 0.1) is 5.92 Å². The lowest BCUT2D eigenvalue weighted by Crippen LogP contribution is -2.42. The number of hydrogen-bond acceptors (Lipinski definition) is 3. The molecule has 2 heterocycles. The Morgan fingerprint density at radius 2 is 2.47 bits per heavy atom. The van der Waals surface area contributed by atoms with Gasteiger partial charge in [-0.3, -0.25) is 9.69 Å². The van der Waals surface area contributed by atoms with Crippen LogP contribution in [0.5, 0.6) is 0 Å². The molecular formula is C12H20N4O. The highest BCUT2D eigenvalue weighted by molar-refractivity contribution is 5.78. The van der Waals surface area contributed by atoms with Crippen molar-refractivity contribution in [2.75, 3.05) is 27.2 Å². The van der Waals surface area contributed by atoms with E-state index in [1.165, 1.54) is 0 Å². The van der Waals surface area contributed by atoms with Crippen LogP contribution in [0.25, 0.3) is 0 Å². The van der Waals surface area contributed by atoms with Crippen molar-refractivity contribution >= 4 is 5.91 Å². The summed E-state index contributed by atoms with van der Waals surface area (Å²) in [6, 6.07) is 0. The van der Waals surface area contributed by atoms with Crippen LogP contribution in [0.15, 0.2) is 12.4 Å². The van der Waals surface area contributed by atoms with Crippen molar-refractivity contribution < 1.29 is 4.79 Å². The van der Waals surface area contributed by atoms with Gasteiger partial charge in [0.2, 0.25) is 5.91 Å². The molecule has 1 atom stereocenters. The van der Waals surface area contributed by atoms with Crippen LogP contribution in [-0.4, -0.2) is 52.9 Å². The van der Waals surface area contributed by atoms with Gasteiger partial charge >= 0.3 is 0 Å². The van der Waals surface area contributed by atoms with Crippen molar-refractivity contribution in [2.24, 2.45) is 5.92 Å². The van der Waals surface area contributed by atoms with Crippen LogP contribution in [0.4, 0.5) is 0 Å². The van der Waals surface area contributed by atoms with Gasteiger partial charge in [-0.25, -0.2) is 4.98 Å². The molecule has 1 amide bonds. The van der Waals surface area contributed by atoms with Gasteiger partial charge in [0, 0.05) is 33.0 Å². The average molecular weight is 236 g/mol. The second kappa shape index (κ2) is 5.31. The summed E-state index contributed by atoms with van der Waals surface area (Å²) in [6.07, 6.45) is 5.69. The molecule has 94 valence electrons. The molecule has 0 bridgehead atoms. The number of H-pyrrole nitrogens is 1. The number of likely N-dealkylation sites (tertiary alicyclic amines) is 1. The molecular weight excluding hydrogens is 216 g/mol. The Bertz CT molecular complexity index is 361. The third kappa shape index (κ3) is 3.06. The van der Waals surface area contributed by atoms with Gasteiger partial charge in [-0.05, 0) is 19.4 Å². The van der Waals surface area contributed by atoms with Gasteiger partial charge < -0.3 is 9.88 Å². The first-order chi connectivity index (χ1) is 8.16. The van der Waals surface area contributed by atoms with Crippen LogP contribution >= 0.6 is 0 Å². The Morgan fingerprint density at radius 1 is 1.65 bits per heavy atom. The number of amides is 1. The summed E-state index contributed by atoms with van der Waals surface area (Å²) in [5, 5.41) is 0. The number of hydrogen-bond donors (Lipinski definition) is 1. The van der Waals surface area contributed by atoms with Crippen LogP contribution in [0.2, 0.25) is 0 Å². The molecule has 1 N–H and O–H groups in total. The number of imidazole rings is 1. The molecule has 1 fully saturated rings. The van der Waals surface area contributed by atoms with Crippen molar-refractivity contribution in [3.63, 3.8) is 0 Å². The Hall–Kier alpha value is -1.36. The lowest BCUT2D eigenvalue weighted by Gasteiger charge is -2.32. The summed E-state index contributed by atoms with van der Waals surface area (Å²) >= 11 is 0. The summed E-state index contributed by atoms with van der Waals surface area (Å²) in [5.41, 5.74) is 0. The fourth-order valence-corrected chi connectivity index (χ4v) is 2.36. The van der Waals surface area contributed by atoms with Crippen LogP contribution < -0.4 is 0 Å². The lowest BCUT2D eigenvalue weighted by molar-refractivity contribution is -0.134. The molecule has 0 radical (unpaired) electrons. The largest absolute Gasteiger partial charge is 0.349 e. The first-order valence-corrected chi connectivity index (χ1v) is 6.08. The Kier molecular flexibility index (Phi) is 3.78. The number of piperidine rings is 1. The zero-order chi connectivity index (χ0) is 12.3. The third-order valence-corrected chi connectivity index (χ3v) is 3.22. The van der Waals surface area contributed by atoms with Crippen LogP contribution in [-0.2, 0) is 11.3 Å². The zero-order valence-corrected chi connectivity index (χ0v) is 10.5. The van der Waals surface area contributed by atoms with Gasteiger partial charge in [0.15, 0.2) is 0 Å². The first kappa shape index (κ1) is 12.1. The average Bonchev–Trinajstić information content (AvgIpc) is 2.81. The number of nitrogens with zero attached hydrogens (tertiary/aromatic N) is 3. The van der Waals surface area contributed by atoms with E-state index < -0.39 is 0 Å². The fraction of sp³-hybridized carbons (Fsp3) is 0.667. The van der Waals surface area contributed by atoms with Gasteiger partial charge in [-0.2, -0.15) is 0 Å². The lowest BCUT2D eigenvalue weighted by atomic mass is 9.97. The van der Waals surface area contributed by atoms with E-state index in [1.807, 2.05) is 20.3 Å². The topological polar surface area (TPSA) is 52.2 Å². The minimum atomic E-state index is 0.147. The van der Waals surface area contributed by atoms with Crippen molar-refractivity contribution in [3.8, 4) is 0 Å². The molecule has 1 aromatic rings. The van der Waals surface area contributed by atoms with Crippen LogP contribution in [0.1, 0.15) is 18.7 Å². The fourth-order valence-electron chi connectivity index (χ4n) is 2.36. The molecule has 0 unspecified atom stereocenters. The van der Waals surface area contributed by atoms with Gasteiger partial charge in [0.05, 0.1) is 12.5 Å². The van der Waals surface area contributed by atoms with Crippen molar-refractivity contribution in [1.29, 1.82) is 0 Å². The summed E-state index contributed by atoms with van der Waals surface area (Å²) in [4.78, 5) is 23.2. The molecule has 1 aromatic heterocycles. The SMILES string of the molecule is CN(C)C(=O)[C@H]1CCCN(Cc2ncc[nH]2)C1. The molecule has 0 spiro atoms. The number of carbonyl (C=O) groups excluding carboxylic acids is 1. The highest BCUT2D eigenvalue weighted by atomic mass is 16.2. The van der Waals surface area contributed by atoms with Crippen molar-refractivity contribution in [3.05, 3.63) is 18.2 Å². The smallest absolute Gasteiger partial charge is 0.226 e. The second-order valence-electron chi connectivity index (χ2n) is 4.84. The maximum atomic E-state index is 11.9. The number of nitrogens with one attached hydrogen (secondary N) is 1. The minimum Gasteiger partial charge on any atom is -0.349 e. The molecule has 5 nitrogen and oxygen atoms in total. The van der Waals surface area contributed by atoms with E-state index in [2.05, 4.69) is 14.9 Å². The normalized spacial score (nSPS) is 21.4. The standard InChI is InChI=1S/C12H20N4O/c1-15(2)12(17)10-4-3-7-16(8-10)9-11-13-5-6-14-11/h5-6,10H,3-4,7-9H2,1-2H3,(H,13,14)/t10-/m0/s1. The Balaban J connectivity index is 1.91. The molecule has 1 saturated heterocycles. The molecule has 1 aliphatic heterocycles. The zero-order valence-electron chi connectivity index (χ0n) is 10.5.